The second kappa shape index (κ2) is 4.58. The normalized spacial score (nSPS) is 12.0. The van der Waals surface area contributed by atoms with Gasteiger partial charge in [-0.05, 0) is 64.0 Å². The van der Waals surface area contributed by atoms with Gasteiger partial charge in [0.15, 0.2) is 0 Å². The van der Waals surface area contributed by atoms with E-state index in [-0.39, 0.29) is 0 Å². The molecule has 0 saturated carbocycles. The number of rotatable bonds is 0. The zero-order chi connectivity index (χ0) is 16.4. The zero-order valence-electron chi connectivity index (χ0n) is 13.5. The molecule has 0 N–H and O–H groups in total. The van der Waals surface area contributed by atoms with Crippen molar-refractivity contribution in [2.24, 2.45) is 0 Å². The largest absolute Gasteiger partial charge is 0.314 e. The van der Waals surface area contributed by atoms with E-state index in [1.54, 1.807) is 0 Å². The van der Waals surface area contributed by atoms with Crippen LogP contribution in [0.1, 0.15) is 0 Å². The molecule has 0 atom stereocenters. The van der Waals surface area contributed by atoms with E-state index >= 15 is 0 Å². The Morgan fingerprint density at radius 3 is 2.24 bits per heavy atom. The maximum atomic E-state index is 4.64. The molecule has 3 heterocycles. The highest BCUT2D eigenvalue weighted by molar-refractivity contribution is 6.15. The van der Waals surface area contributed by atoms with Gasteiger partial charge >= 0.3 is 0 Å². The van der Waals surface area contributed by atoms with E-state index in [0.29, 0.717) is 0 Å². The highest BCUT2D eigenvalue weighted by Gasteiger charge is 2.10. The molecule has 0 unspecified atom stereocenters. The molecule has 0 spiro atoms. The second-order valence-corrected chi connectivity index (χ2v) is 6.58. The van der Waals surface area contributed by atoms with Gasteiger partial charge in [-0.2, -0.15) is 0 Å². The first kappa shape index (κ1) is 13.0. The highest BCUT2D eigenvalue weighted by atomic mass is 14.9. The molecule has 0 aliphatic carbocycles. The first-order valence-electron chi connectivity index (χ1n) is 8.48. The number of fused-ring (bicyclic) bond motifs is 8. The standard InChI is InChI=1S/C23H14N2/c1-2-6-16-12-18-14-22-20(13-17(18)11-15(16)5-1)19-7-3-9-24-23(19)21-8-4-10-25(21)22/h1-14H. The topological polar surface area (TPSA) is 17.3 Å². The highest BCUT2D eigenvalue weighted by Crippen LogP contribution is 2.33. The van der Waals surface area contributed by atoms with Crippen LogP contribution < -0.4 is 0 Å². The third-order valence-electron chi connectivity index (χ3n) is 5.17. The molecular weight excluding hydrogens is 304 g/mol. The van der Waals surface area contributed by atoms with Gasteiger partial charge in [0, 0.05) is 23.2 Å². The Bertz CT molecular complexity index is 1440. The van der Waals surface area contributed by atoms with Crippen molar-refractivity contribution in [3.05, 3.63) is 85.2 Å². The molecule has 0 saturated heterocycles. The fraction of sp³-hybridized carbons (Fsp3) is 0. The third-order valence-corrected chi connectivity index (χ3v) is 5.17. The Morgan fingerprint density at radius 2 is 1.40 bits per heavy atom. The van der Waals surface area contributed by atoms with E-state index in [1.807, 2.05) is 12.3 Å². The van der Waals surface area contributed by atoms with E-state index in [1.165, 1.54) is 37.8 Å². The summed E-state index contributed by atoms with van der Waals surface area (Å²) in [6.45, 7) is 0. The lowest BCUT2D eigenvalue weighted by Crippen LogP contribution is -1.91. The minimum Gasteiger partial charge on any atom is -0.314 e. The fourth-order valence-corrected chi connectivity index (χ4v) is 4.01. The maximum Gasteiger partial charge on any atom is 0.0948 e. The van der Waals surface area contributed by atoms with E-state index in [0.717, 1.165) is 11.0 Å². The van der Waals surface area contributed by atoms with Gasteiger partial charge in [-0.25, -0.2) is 0 Å². The lowest BCUT2D eigenvalue weighted by Gasteiger charge is -2.11. The molecule has 2 nitrogen and oxygen atoms in total. The molecule has 116 valence electrons. The van der Waals surface area contributed by atoms with Crippen LogP contribution in [0.15, 0.2) is 85.2 Å². The summed E-state index contributed by atoms with van der Waals surface area (Å²) >= 11 is 0. The summed E-state index contributed by atoms with van der Waals surface area (Å²) in [6.07, 6.45) is 3.99. The molecule has 2 heteroatoms. The van der Waals surface area contributed by atoms with E-state index in [4.69, 9.17) is 0 Å². The molecule has 6 rings (SSSR count). The predicted molar refractivity (Wildman–Crippen MR) is 105 cm³/mol. The molecule has 0 radical (unpaired) electrons. The fourth-order valence-electron chi connectivity index (χ4n) is 4.01. The van der Waals surface area contributed by atoms with Crippen LogP contribution in [0.4, 0.5) is 0 Å². The summed E-state index contributed by atoms with van der Waals surface area (Å²) in [5.41, 5.74) is 3.44. The molecule has 6 aromatic rings. The van der Waals surface area contributed by atoms with E-state index < -0.39 is 0 Å². The summed E-state index contributed by atoms with van der Waals surface area (Å²) in [4.78, 5) is 4.64. The van der Waals surface area contributed by atoms with Gasteiger partial charge in [-0.3, -0.25) is 4.98 Å². The van der Waals surface area contributed by atoms with E-state index in [9.17, 15) is 0 Å². The van der Waals surface area contributed by atoms with Crippen molar-refractivity contribution in [3.8, 4) is 0 Å². The monoisotopic (exact) mass is 318 g/mol. The average Bonchev–Trinajstić information content (AvgIpc) is 3.15. The minimum absolute atomic E-state index is 1.06. The number of hydrogen-bond donors (Lipinski definition) is 0. The number of benzene rings is 3. The van der Waals surface area contributed by atoms with Gasteiger partial charge in [-0.15, -0.1) is 0 Å². The van der Waals surface area contributed by atoms with Crippen LogP contribution in [0.5, 0.6) is 0 Å². The number of hydrogen-bond acceptors (Lipinski definition) is 1. The Labute approximate surface area is 143 Å². The Morgan fingerprint density at radius 1 is 0.600 bits per heavy atom. The van der Waals surface area contributed by atoms with Crippen LogP contribution in [0, 0.1) is 0 Å². The summed E-state index contributed by atoms with van der Waals surface area (Å²) < 4.78 is 2.25. The molecule has 3 aromatic heterocycles. The molecule has 0 fully saturated rings. The van der Waals surface area contributed by atoms with Gasteiger partial charge in [0.25, 0.3) is 0 Å². The molecule has 0 aliphatic heterocycles. The minimum atomic E-state index is 1.06. The van der Waals surface area contributed by atoms with Crippen molar-refractivity contribution in [1.29, 1.82) is 0 Å². The van der Waals surface area contributed by atoms with Gasteiger partial charge in [0.1, 0.15) is 0 Å². The van der Waals surface area contributed by atoms with Crippen molar-refractivity contribution in [2.75, 3.05) is 0 Å². The van der Waals surface area contributed by atoms with Crippen LogP contribution in [-0.4, -0.2) is 9.38 Å². The van der Waals surface area contributed by atoms with Crippen molar-refractivity contribution in [1.82, 2.24) is 9.38 Å². The molecule has 25 heavy (non-hydrogen) atoms. The Kier molecular flexibility index (Phi) is 2.37. The number of nitrogens with zero attached hydrogens (tertiary/aromatic N) is 2. The first-order valence-corrected chi connectivity index (χ1v) is 8.48. The third kappa shape index (κ3) is 1.71. The first-order chi connectivity index (χ1) is 12.4. The van der Waals surface area contributed by atoms with Crippen LogP contribution in [0.3, 0.4) is 0 Å². The number of aromatic nitrogens is 2. The second-order valence-electron chi connectivity index (χ2n) is 6.58. The van der Waals surface area contributed by atoms with Crippen LogP contribution in [-0.2, 0) is 0 Å². The SMILES string of the molecule is c1ccc2cc3cc4c(cc3cc2c1)c1cccnc1c1cccn41. The van der Waals surface area contributed by atoms with Crippen LogP contribution in [0.25, 0.3) is 48.9 Å². The molecule has 0 bridgehead atoms. The summed E-state index contributed by atoms with van der Waals surface area (Å²) in [6, 6.07) is 26.1. The zero-order valence-corrected chi connectivity index (χ0v) is 13.5. The summed E-state index contributed by atoms with van der Waals surface area (Å²) in [5, 5.41) is 7.54. The van der Waals surface area contributed by atoms with Gasteiger partial charge in [-0.1, -0.05) is 30.3 Å². The van der Waals surface area contributed by atoms with Crippen molar-refractivity contribution in [3.63, 3.8) is 0 Å². The van der Waals surface area contributed by atoms with Crippen LogP contribution >= 0.6 is 0 Å². The molecule has 3 aromatic carbocycles. The summed E-state index contributed by atoms with van der Waals surface area (Å²) in [5.74, 6) is 0. The van der Waals surface area contributed by atoms with Gasteiger partial charge in [0.2, 0.25) is 0 Å². The maximum absolute atomic E-state index is 4.64. The number of pyridine rings is 2. The van der Waals surface area contributed by atoms with Crippen molar-refractivity contribution < 1.29 is 0 Å². The summed E-state index contributed by atoms with van der Waals surface area (Å²) in [7, 11) is 0. The van der Waals surface area contributed by atoms with Gasteiger partial charge in [0.05, 0.1) is 16.6 Å². The average molecular weight is 318 g/mol. The predicted octanol–water partition coefficient (Wildman–Crippen LogP) is 5.95. The van der Waals surface area contributed by atoms with Crippen molar-refractivity contribution >= 4 is 48.9 Å². The molecule has 0 amide bonds. The lowest BCUT2D eigenvalue weighted by molar-refractivity contribution is 1.27. The smallest absolute Gasteiger partial charge is 0.0948 e. The Balaban J connectivity index is 1.91. The quantitative estimate of drug-likeness (QED) is 0.250. The van der Waals surface area contributed by atoms with Crippen molar-refractivity contribution in [2.45, 2.75) is 0 Å². The van der Waals surface area contributed by atoms with Crippen LogP contribution in [0.2, 0.25) is 0 Å². The Hall–Kier alpha value is -3.39. The molecular formula is C23H14N2. The van der Waals surface area contributed by atoms with Gasteiger partial charge < -0.3 is 4.40 Å². The van der Waals surface area contributed by atoms with E-state index in [2.05, 4.69) is 82.3 Å². The molecule has 0 aliphatic rings. The lowest BCUT2D eigenvalue weighted by atomic mass is 10.00.